The van der Waals surface area contributed by atoms with Gasteiger partial charge in [0.1, 0.15) is 0 Å². The number of nitrogens with zero attached hydrogens (tertiary/aromatic N) is 3. The quantitative estimate of drug-likeness (QED) is 0.432. The van der Waals surface area contributed by atoms with Gasteiger partial charge in [-0.15, -0.1) is 0 Å². The summed E-state index contributed by atoms with van der Waals surface area (Å²) in [5.41, 5.74) is -0.228. The Kier molecular flexibility index (Phi) is 3.20. The van der Waals surface area contributed by atoms with Crippen molar-refractivity contribution in [3.8, 4) is 0 Å². The van der Waals surface area contributed by atoms with E-state index in [0.717, 1.165) is 0 Å². The standard InChI is InChI=1S/C7H9BrIN3O2/c1-7(2,3)11-6(9)4(12(13)14)5(8)10-11/h1-3H3. The second-order valence-corrected chi connectivity index (χ2v) is 5.54. The lowest BCUT2D eigenvalue weighted by Crippen LogP contribution is -2.24. The van der Waals surface area contributed by atoms with Crippen LogP contribution in [-0.4, -0.2) is 14.7 Å². The molecule has 0 amide bonds. The first-order chi connectivity index (χ1) is 6.25. The van der Waals surface area contributed by atoms with Gasteiger partial charge >= 0.3 is 5.69 Å². The molecule has 1 aromatic rings. The largest absolute Gasteiger partial charge is 0.334 e. The second-order valence-electron chi connectivity index (χ2n) is 3.77. The fourth-order valence-electron chi connectivity index (χ4n) is 0.960. The molecule has 0 radical (unpaired) electrons. The molecule has 0 fully saturated rings. The third-order valence-corrected chi connectivity index (χ3v) is 3.08. The first kappa shape index (κ1) is 11.9. The van der Waals surface area contributed by atoms with Crippen molar-refractivity contribution in [3.05, 3.63) is 18.4 Å². The lowest BCUT2D eigenvalue weighted by molar-refractivity contribution is -0.386. The zero-order chi connectivity index (χ0) is 11.1. The van der Waals surface area contributed by atoms with Crippen molar-refractivity contribution in [2.75, 3.05) is 0 Å². The lowest BCUT2D eigenvalue weighted by atomic mass is 10.1. The Labute approximate surface area is 103 Å². The van der Waals surface area contributed by atoms with Crippen LogP contribution in [0.2, 0.25) is 0 Å². The molecule has 78 valence electrons. The Morgan fingerprint density at radius 1 is 1.57 bits per heavy atom. The Morgan fingerprint density at radius 2 is 2.07 bits per heavy atom. The molecule has 0 atom stereocenters. The van der Waals surface area contributed by atoms with Crippen LogP contribution < -0.4 is 0 Å². The van der Waals surface area contributed by atoms with E-state index in [1.165, 1.54) is 0 Å². The molecule has 5 nitrogen and oxygen atoms in total. The molecular weight excluding hydrogens is 365 g/mol. The van der Waals surface area contributed by atoms with Gasteiger partial charge in [-0.25, -0.2) is 4.68 Å². The molecular formula is C7H9BrIN3O2. The Morgan fingerprint density at radius 3 is 2.29 bits per heavy atom. The van der Waals surface area contributed by atoms with Crippen LogP contribution in [0.15, 0.2) is 4.60 Å². The third kappa shape index (κ3) is 2.08. The van der Waals surface area contributed by atoms with Crippen molar-refractivity contribution in [1.29, 1.82) is 0 Å². The van der Waals surface area contributed by atoms with Gasteiger partial charge in [-0.05, 0) is 59.3 Å². The summed E-state index contributed by atoms with van der Waals surface area (Å²) < 4.78 is 2.45. The zero-order valence-electron chi connectivity index (χ0n) is 7.91. The van der Waals surface area contributed by atoms with E-state index in [0.29, 0.717) is 3.70 Å². The van der Waals surface area contributed by atoms with Gasteiger partial charge in [-0.3, -0.25) is 10.1 Å². The van der Waals surface area contributed by atoms with Gasteiger partial charge in [0.2, 0.25) is 4.60 Å². The highest BCUT2D eigenvalue weighted by Gasteiger charge is 2.29. The summed E-state index contributed by atoms with van der Waals surface area (Å²) in [6, 6.07) is 0. The maximum absolute atomic E-state index is 10.7. The molecule has 0 N–H and O–H groups in total. The van der Waals surface area contributed by atoms with Crippen molar-refractivity contribution >= 4 is 44.2 Å². The Bertz CT molecular complexity index is 383. The number of rotatable bonds is 1. The summed E-state index contributed by atoms with van der Waals surface area (Å²) in [5.74, 6) is 0. The third-order valence-electron chi connectivity index (χ3n) is 1.58. The van der Waals surface area contributed by atoms with E-state index in [2.05, 4.69) is 21.0 Å². The Balaban J connectivity index is 3.39. The number of hydrogen-bond acceptors (Lipinski definition) is 3. The van der Waals surface area contributed by atoms with Crippen molar-refractivity contribution in [2.45, 2.75) is 26.3 Å². The van der Waals surface area contributed by atoms with Gasteiger partial charge in [-0.1, -0.05) is 0 Å². The molecule has 0 saturated heterocycles. The van der Waals surface area contributed by atoms with E-state index in [9.17, 15) is 10.1 Å². The summed E-state index contributed by atoms with van der Waals surface area (Å²) in [7, 11) is 0. The van der Waals surface area contributed by atoms with Crippen LogP contribution >= 0.6 is 38.5 Å². The molecule has 0 aliphatic heterocycles. The van der Waals surface area contributed by atoms with Crippen LogP contribution in [-0.2, 0) is 5.54 Å². The van der Waals surface area contributed by atoms with Crippen LogP contribution in [0.5, 0.6) is 0 Å². The molecule has 0 aliphatic rings. The fraction of sp³-hybridized carbons (Fsp3) is 0.571. The van der Waals surface area contributed by atoms with E-state index in [1.807, 2.05) is 43.4 Å². The van der Waals surface area contributed by atoms with Crippen LogP contribution in [0.25, 0.3) is 0 Å². The van der Waals surface area contributed by atoms with Crippen molar-refractivity contribution in [2.24, 2.45) is 0 Å². The molecule has 1 aromatic heterocycles. The van der Waals surface area contributed by atoms with E-state index in [1.54, 1.807) is 4.68 Å². The van der Waals surface area contributed by atoms with Gasteiger partial charge in [-0.2, -0.15) is 5.10 Å². The van der Waals surface area contributed by atoms with Crippen molar-refractivity contribution in [3.63, 3.8) is 0 Å². The van der Waals surface area contributed by atoms with Gasteiger partial charge < -0.3 is 0 Å². The number of hydrogen-bond donors (Lipinski definition) is 0. The van der Waals surface area contributed by atoms with Gasteiger partial charge in [0.25, 0.3) is 0 Å². The molecule has 0 bridgehead atoms. The van der Waals surface area contributed by atoms with E-state index >= 15 is 0 Å². The summed E-state index contributed by atoms with van der Waals surface area (Å²) >= 11 is 5.01. The molecule has 1 rings (SSSR count). The van der Waals surface area contributed by atoms with Gasteiger partial charge in [0, 0.05) is 0 Å². The summed E-state index contributed by atoms with van der Waals surface area (Å²) in [6.07, 6.45) is 0. The average molecular weight is 374 g/mol. The highest BCUT2D eigenvalue weighted by Crippen LogP contribution is 2.32. The SMILES string of the molecule is CC(C)(C)n1nc(Br)c([N+](=O)[O-])c1I. The maximum Gasteiger partial charge on any atom is 0.334 e. The molecule has 0 aromatic carbocycles. The molecule has 14 heavy (non-hydrogen) atoms. The number of aromatic nitrogens is 2. The number of nitro groups is 1. The number of halogens is 2. The molecule has 0 unspecified atom stereocenters. The maximum atomic E-state index is 10.7. The first-order valence-electron chi connectivity index (χ1n) is 3.84. The first-order valence-corrected chi connectivity index (χ1v) is 5.71. The van der Waals surface area contributed by atoms with E-state index in [4.69, 9.17) is 0 Å². The molecule has 0 aliphatic carbocycles. The van der Waals surface area contributed by atoms with Crippen LogP contribution in [0.3, 0.4) is 0 Å². The topological polar surface area (TPSA) is 61.0 Å². The smallest absolute Gasteiger partial charge is 0.258 e. The van der Waals surface area contributed by atoms with E-state index in [-0.39, 0.29) is 15.8 Å². The van der Waals surface area contributed by atoms with Gasteiger partial charge in [0.15, 0.2) is 3.70 Å². The predicted octanol–water partition coefficient (Wildman–Crippen LogP) is 2.91. The van der Waals surface area contributed by atoms with Crippen molar-refractivity contribution in [1.82, 2.24) is 9.78 Å². The Hall–Kier alpha value is -0.180. The molecule has 7 heteroatoms. The van der Waals surface area contributed by atoms with Crippen LogP contribution in [0.4, 0.5) is 5.69 Å². The fourth-order valence-corrected chi connectivity index (χ4v) is 3.11. The summed E-state index contributed by atoms with van der Waals surface area (Å²) in [5, 5.41) is 14.8. The van der Waals surface area contributed by atoms with Gasteiger partial charge in [0.05, 0.1) is 10.5 Å². The minimum Gasteiger partial charge on any atom is -0.258 e. The minimum absolute atomic E-state index is 0.0283. The summed E-state index contributed by atoms with van der Waals surface area (Å²) in [6.45, 7) is 5.83. The monoisotopic (exact) mass is 373 g/mol. The highest BCUT2D eigenvalue weighted by atomic mass is 127. The lowest BCUT2D eigenvalue weighted by Gasteiger charge is -2.19. The normalized spacial score (nSPS) is 11.8. The average Bonchev–Trinajstić information content (AvgIpc) is 2.24. The van der Waals surface area contributed by atoms with Crippen LogP contribution in [0, 0.1) is 13.8 Å². The molecule has 0 spiro atoms. The highest BCUT2D eigenvalue weighted by molar-refractivity contribution is 14.1. The second kappa shape index (κ2) is 3.76. The predicted molar refractivity (Wildman–Crippen MR) is 64.3 cm³/mol. The minimum atomic E-state index is -0.429. The van der Waals surface area contributed by atoms with Crippen molar-refractivity contribution < 1.29 is 4.92 Å². The molecule has 0 saturated carbocycles. The molecule has 1 heterocycles. The van der Waals surface area contributed by atoms with Crippen LogP contribution in [0.1, 0.15) is 20.8 Å². The van der Waals surface area contributed by atoms with E-state index < -0.39 is 4.92 Å². The zero-order valence-corrected chi connectivity index (χ0v) is 11.7. The summed E-state index contributed by atoms with van der Waals surface area (Å²) in [4.78, 5) is 10.3.